The van der Waals surface area contributed by atoms with Crippen LogP contribution in [-0.4, -0.2) is 29.8 Å². The Morgan fingerprint density at radius 3 is 2.87 bits per heavy atom. The van der Waals surface area contributed by atoms with Gasteiger partial charge in [-0.05, 0) is 27.8 Å². The summed E-state index contributed by atoms with van der Waals surface area (Å²) in [5.41, 5.74) is 1.13. The molecule has 0 bridgehead atoms. The van der Waals surface area contributed by atoms with E-state index >= 15 is 0 Å². The van der Waals surface area contributed by atoms with Gasteiger partial charge in [-0.2, -0.15) is 0 Å². The quantitative estimate of drug-likeness (QED) is 0.722. The molecule has 0 spiro atoms. The minimum absolute atomic E-state index is 0.0529. The zero-order chi connectivity index (χ0) is 11.3. The molecule has 1 aromatic heterocycles. The lowest BCUT2D eigenvalue weighted by molar-refractivity contribution is 0.137. The molecule has 0 radical (unpaired) electrons. The maximum atomic E-state index is 5.34. The third kappa shape index (κ3) is 3.04. The van der Waals surface area contributed by atoms with Crippen LogP contribution in [0.3, 0.4) is 0 Å². The molecule has 0 fully saturated rings. The number of hydrogen-bond acceptors (Lipinski definition) is 3. The zero-order valence-electron chi connectivity index (χ0n) is 10.1. The lowest BCUT2D eigenvalue weighted by Gasteiger charge is -2.25. The van der Waals surface area contributed by atoms with Crippen molar-refractivity contribution in [3.63, 3.8) is 0 Å². The molecule has 4 heteroatoms. The van der Waals surface area contributed by atoms with Crippen molar-refractivity contribution in [3.05, 3.63) is 18.2 Å². The van der Waals surface area contributed by atoms with E-state index in [1.807, 2.05) is 26.5 Å². The number of nitrogens with one attached hydrogen (secondary N) is 1. The lowest BCUT2D eigenvalue weighted by atomic mass is 10.0. The summed E-state index contributed by atoms with van der Waals surface area (Å²) < 4.78 is 7.47. The Bertz CT molecular complexity index is 294. The molecule has 0 atom stereocenters. The van der Waals surface area contributed by atoms with Gasteiger partial charge in [0.15, 0.2) is 0 Å². The summed E-state index contributed by atoms with van der Waals surface area (Å²) in [6, 6.07) is 0. The number of ether oxygens (including phenoxy) is 1. The molecule has 4 nitrogen and oxygen atoms in total. The molecule has 1 rings (SSSR count). The highest BCUT2D eigenvalue weighted by molar-refractivity contribution is 5.10. The Balaban J connectivity index is 2.69. The SMILES string of the molecule is CCOCCn1cncc1C(C)(C)NC. The zero-order valence-corrected chi connectivity index (χ0v) is 10.1. The molecule has 0 saturated heterocycles. The fourth-order valence-electron chi connectivity index (χ4n) is 1.45. The maximum absolute atomic E-state index is 5.34. The Kier molecular flexibility index (Phi) is 4.29. The summed E-state index contributed by atoms with van der Waals surface area (Å²) in [5.74, 6) is 0. The molecule has 1 heterocycles. The van der Waals surface area contributed by atoms with Gasteiger partial charge >= 0.3 is 0 Å². The Morgan fingerprint density at radius 1 is 1.53 bits per heavy atom. The molecule has 0 saturated carbocycles. The molecular weight excluding hydrogens is 190 g/mol. The molecule has 0 aliphatic rings. The van der Waals surface area contributed by atoms with E-state index in [0.29, 0.717) is 0 Å². The first kappa shape index (κ1) is 12.2. The van der Waals surface area contributed by atoms with E-state index in [-0.39, 0.29) is 5.54 Å². The van der Waals surface area contributed by atoms with Crippen LogP contribution < -0.4 is 5.32 Å². The number of imidazole rings is 1. The number of nitrogens with zero attached hydrogens (tertiary/aromatic N) is 2. The van der Waals surface area contributed by atoms with Crippen molar-refractivity contribution < 1.29 is 4.74 Å². The van der Waals surface area contributed by atoms with Crippen LogP contribution in [0.5, 0.6) is 0 Å². The van der Waals surface area contributed by atoms with Gasteiger partial charge in [0.25, 0.3) is 0 Å². The Morgan fingerprint density at radius 2 is 2.27 bits per heavy atom. The van der Waals surface area contributed by atoms with Crippen LogP contribution in [0.25, 0.3) is 0 Å². The molecule has 15 heavy (non-hydrogen) atoms. The summed E-state index contributed by atoms with van der Waals surface area (Å²) in [6.07, 6.45) is 3.76. The van der Waals surface area contributed by atoms with E-state index in [1.165, 1.54) is 5.69 Å². The fourth-order valence-corrected chi connectivity index (χ4v) is 1.45. The molecule has 0 aliphatic carbocycles. The first-order valence-electron chi connectivity index (χ1n) is 5.39. The molecule has 0 unspecified atom stereocenters. The average molecular weight is 211 g/mol. The summed E-state index contributed by atoms with van der Waals surface area (Å²) in [6.45, 7) is 8.64. The van der Waals surface area contributed by atoms with Gasteiger partial charge in [0.2, 0.25) is 0 Å². The van der Waals surface area contributed by atoms with Crippen LogP contribution in [0.15, 0.2) is 12.5 Å². The highest BCUT2D eigenvalue weighted by atomic mass is 16.5. The molecule has 0 aliphatic heterocycles. The van der Waals surface area contributed by atoms with E-state index in [1.54, 1.807) is 0 Å². The van der Waals surface area contributed by atoms with Crippen molar-refractivity contribution in [3.8, 4) is 0 Å². The largest absolute Gasteiger partial charge is 0.380 e. The van der Waals surface area contributed by atoms with Crippen molar-refractivity contribution in [1.29, 1.82) is 0 Å². The predicted octanol–water partition coefficient (Wildman–Crippen LogP) is 1.37. The first-order chi connectivity index (χ1) is 7.11. The standard InChI is InChI=1S/C11H21N3O/c1-5-15-7-6-14-9-13-8-10(14)11(2,3)12-4/h8-9,12H,5-7H2,1-4H3. The third-order valence-electron chi connectivity index (χ3n) is 2.66. The second kappa shape index (κ2) is 5.28. The van der Waals surface area contributed by atoms with Crippen molar-refractivity contribution in [1.82, 2.24) is 14.9 Å². The fraction of sp³-hybridized carbons (Fsp3) is 0.727. The van der Waals surface area contributed by atoms with E-state index in [4.69, 9.17) is 4.74 Å². The highest BCUT2D eigenvalue weighted by Gasteiger charge is 2.21. The highest BCUT2D eigenvalue weighted by Crippen LogP contribution is 2.18. The van der Waals surface area contributed by atoms with Gasteiger partial charge < -0.3 is 14.6 Å². The molecule has 1 N–H and O–H groups in total. The molecular formula is C11H21N3O. The van der Waals surface area contributed by atoms with Crippen molar-refractivity contribution in [2.24, 2.45) is 0 Å². The lowest BCUT2D eigenvalue weighted by Crippen LogP contribution is -2.35. The molecule has 0 aromatic carbocycles. The summed E-state index contributed by atoms with van der Waals surface area (Å²) in [5, 5.41) is 3.27. The summed E-state index contributed by atoms with van der Waals surface area (Å²) in [7, 11) is 1.96. The van der Waals surface area contributed by atoms with E-state index in [9.17, 15) is 0 Å². The minimum Gasteiger partial charge on any atom is -0.380 e. The second-order valence-electron chi connectivity index (χ2n) is 4.04. The summed E-state index contributed by atoms with van der Waals surface area (Å²) >= 11 is 0. The van der Waals surface area contributed by atoms with E-state index < -0.39 is 0 Å². The minimum atomic E-state index is -0.0529. The number of rotatable bonds is 6. The van der Waals surface area contributed by atoms with Crippen molar-refractivity contribution in [2.75, 3.05) is 20.3 Å². The molecule has 0 amide bonds. The van der Waals surface area contributed by atoms with Crippen LogP contribution in [-0.2, 0) is 16.8 Å². The van der Waals surface area contributed by atoms with Crippen LogP contribution in [0.2, 0.25) is 0 Å². The van der Waals surface area contributed by atoms with Gasteiger partial charge in [-0.3, -0.25) is 0 Å². The molecule has 1 aromatic rings. The number of hydrogen-bond donors (Lipinski definition) is 1. The molecule has 86 valence electrons. The second-order valence-corrected chi connectivity index (χ2v) is 4.04. The van der Waals surface area contributed by atoms with Crippen LogP contribution >= 0.6 is 0 Å². The van der Waals surface area contributed by atoms with Gasteiger partial charge in [-0.25, -0.2) is 4.98 Å². The number of aromatic nitrogens is 2. The first-order valence-corrected chi connectivity index (χ1v) is 5.39. The van der Waals surface area contributed by atoms with Crippen molar-refractivity contribution in [2.45, 2.75) is 32.9 Å². The van der Waals surface area contributed by atoms with Crippen molar-refractivity contribution >= 4 is 0 Å². The van der Waals surface area contributed by atoms with Gasteiger partial charge in [-0.15, -0.1) is 0 Å². The average Bonchev–Trinajstić information content (AvgIpc) is 2.67. The van der Waals surface area contributed by atoms with Gasteiger partial charge in [0.05, 0.1) is 24.2 Å². The maximum Gasteiger partial charge on any atom is 0.0949 e. The van der Waals surface area contributed by atoms with Crippen LogP contribution in [0.1, 0.15) is 26.5 Å². The van der Waals surface area contributed by atoms with Gasteiger partial charge in [0, 0.05) is 19.3 Å². The monoisotopic (exact) mass is 211 g/mol. The van der Waals surface area contributed by atoms with E-state index in [2.05, 4.69) is 28.7 Å². The third-order valence-corrected chi connectivity index (χ3v) is 2.66. The normalized spacial score (nSPS) is 12.0. The Labute approximate surface area is 91.7 Å². The van der Waals surface area contributed by atoms with E-state index in [0.717, 1.165) is 19.8 Å². The predicted molar refractivity (Wildman–Crippen MR) is 60.8 cm³/mol. The smallest absolute Gasteiger partial charge is 0.0949 e. The topological polar surface area (TPSA) is 39.1 Å². The summed E-state index contributed by atoms with van der Waals surface area (Å²) in [4.78, 5) is 4.18. The van der Waals surface area contributed by atoms with Gasteiger partial charge in [-0.1, -0.05) is 0 Å². The Hall–Kier alpha value is -0.870. The van der Waals surface area contributed by atoms with Gasteiger partial charge in [0.1, 0.15) is 0 Å². The van der Waals surface area contributed by atoms with Crippen LogP contribution in [0.4, 0.5) is 0 Å². The van der Waals surface area contributed by atoms with Crippen LogP contribution in [0, 0.1) is 0 Å².